The van der Waals surface area contributed by atoms with Crippen LogP contribution in [-0.4, -0.2) is 5.11 Å². The molecule has 0 saturated heterocycles. The summed E-state index contributed by atoms with van der Waals surface area (Å²) in [6.45, 7) is 0.227. The first-order valence-electron chi connectivity index (χ1n) is 5.44. The molecular weight excluding hydrogens is 347 g/mol. The van der Waals surface area contributed by atoms with Crippen molar-refractivity contribution < 1.29 is 9.50 Å². The number of phenolic OH excluding ortho intramolecular Hbond substituents is 1. The van der Waals surface area contributed by atoms with E-state index >= 15 is 0 Å². The smallest absolute Gasteiger partial charge is 0.160 e. The van der Waals surface area contributed by atoms with Crippen molar-refractivity contribution in [2.75, 3.05) is 5.32 Å². The van der Waals surface area contributed by atoms with Gasteiger partial charge in [0.2, 0.25) is 0 Å². The van der Waals surface area contributed by atoms with Gasteiger partial charge in [-0.25, -0.2) is 4.39 Å². The van der Waals surface area contributed by atoms with Crippen LogP contribution in [-0.2, 0) is 6.54 Å². The molecule has 2 N–H and O–H groups in total. The number of hydrogen-bond acceptors (Lipinski definition) is 2. The second-order valence-electron chi connectivity index (χ2n) is 4.00. The third-order valence-electron chi connectivity index (χ3n) is 2.57. The van der Waals surface area contributed by atoms with Crippen molar-refractivity contribution in [3.63, 3.8) is 0 Å². The third-order valence-corrected chi connectivity index (χ3v) is 3.63. The van der Waals surface area contributed by atoms with Gasteiger partial charge in [0.1, 0.15) is 5.75 Å². The van der Waals surface area contributed by atoms with Gasteiger partial charge in [-0.1, -0.05) is 46.4 Å². The minimum Gasteiger partial charge on any atom is -0.506 e. The van der Waals surface area contributed by atoms with Crippen LogP contribution in [0.5, 0.6) is 5.75 Å². The van der Waals surface area contributed by atoms with Crippen LogP contribution in [0.1, 0.15) is 5.56 Å². The molecule has 0 aromatic heterocycles. The van der Waals surface area contributed by atoms with Crippen molar-refractivity contribution in [2.24, 2.45) is 0 Å². The van der Waals surface area contributed by atoms with Crippen LogP contribution in [0.4, 0.5) is 10.1 Å². The summed E-state index contributed by atoms with van der Waals surface area (Å²) in [4.78, 5) is 0. The first kappa shape index (κ1) is 15.5. The molecule has 0 fully saturated rings. The Bertz CT molecular complexity index is 640. The number of halogens is 5. The van der Waals surface area contributed by atoms with E-state index in [0.29, 0.717) is 16.3 Å². The summed E-state index contributed by atoms with van der Waals surface area (Å²) in [7, 11) is 0. The second kappa shape index (κ2) is 6.27. The van der Waals surface area contributed by atoms with E-state index < -0.39 is 5.82 Å². The Morgan fingerprint density at radius 3 is 2.15 bits per heavy atom. The molecule has 0 atom stereocenters. The van der Waals surface area contributed by atoms with Crippen LogP contribution in [0.3, 0.4) is 0 Å². The summed E-state index contributed by atoms with van der Waals surface area (Å²) in [6.07, 6.45) is 0. The number of anilines is 1. The average molecular weight is 355 g/mol. The Morgan fingerprint density at radius 1 is 0.950 bits per heavy atom. The first-order valence-corrected chi connectivity index (χ1v) is 6.95. The lowest BCUT2D eigenvalue weighted by Gasteiger charge is -2.11. The molecule has 20 heavy (non-hydrogen) atoms. The molecule has 0 bridgehead atoms. The van der Waals surface area contributed by atoms with Crippen LogP contribution in [0, 0.1) is 5.82 Å². The van der Waals surface area contributed by atoms with Gasteiger partial charge >= 0.3 is 0 Å². The molecule has 0 spiro atoms. The maximum atomic E-state index is 13.3. The molecule has 0 heterocycles. The molecule has 2 aromatic carbocycles. The number of benzene rings is 2. The topological polar surface area (TPSA) is 32.3 Å². The zero-order valence-electron chi connectivity index (χ0n) is 9.85. The molecule has 7 heteroatoms. The zero-order valence-corrected chi connectivity index (χ0v) is 12.9. The molecule has 2 nitrogen and oxygen atoms in total. The Hall–Kier alpha value is -0.870. The molecule has 0 radical (unpaired) electrons. The van der Waals surface area contributed by atoms with Crippen molar-refractivity contribution in [2.45, 2.75) is 6.54 Å². The Kier molecular flexibility index (Phi) is 4.86. The van der Waals surface area contributed by atoms with Crippen molar-refractivity contribution in [3.8, 4) is 5.75 Å². The fraction of sp³-hybridized carbons (Fsp3) is 0.0769. The largest absolute Gasteiger partial charge is 0.506 e. The fourth-order valence-electron chi connectivity index (χ4n) is 1.61. The minimum atomic E-state index is -0.674. The molecule has 106 valence electrons. The molecule has 2 aromatic rings. The second-order valence-corrected chi connectivity index (χ2v) is 5.66. The van der Waals surface area contributed by atoms with Gasteiger partial charge in [-0.3, -0.25) is 0 Å². The number of phenols is 1. The standard InChI is InChI=1S/C13H8Cl4FNO/c14-7-1-6(13(20)11(17)2-7)5-19-8-3-9(15)12(18)10(16)4-8/h1-4,19-20H,5H2. The summed E-state index contributed by atoms with van der Waals surface area (Å²) in [6, 6.07) is 5.80. The molecule has 0 aliphatic heterocycles. The Balaban J connectivity index is 2.21. The van der Waals surface area contributed by atoms with Crippen molar-refractivity contribution in [1.82, 2.24) is 0 Å². The molecule has 2 rings (SSSR count). The molecule has 0 aliphatic rings. The predicted octanol–water partition coefficient (Wildman–Crippen LogP) is 5.76. The van der Waals surface area contributed by atoms with Gasteiger partial charge in [-0.2, -0.15) is 0 Å². The molecule has 0 unspecified atom stereocenters. The number of hydrogen-bond donors (Lipinski definition) is 2. The normalized spacial score (nSPS) is 10.7. The fourth-order valence-corrected chi connectivity index (χ4v) is 2.63. The highest BCUT2D eigenvalue weighted by Gasteiger charge is 2.10. The molecule has 0 aliphatic carbocycles. The average Bonchev–Trinajstić information content (AvgIpc) is 2.38. The summed E-state index contributed by atoms with van der Waals surface area (Å²) in [5, 5.41) is 13.1. The monoisotopic (exact) mass is 353 g/mol. The van der Waals surface area contributed by atoms with E-state index in [1.165, 1.54) is 18.2 Å². The molecular formula is C13H8Cl4FNO. The van der Waals surface area contributed by atoms with Gasteiger partial charge in [0.15, 0.2) is 5.82 Å². The van der Waals surface area contributed by atoms with Crippen molar-refractivity contribution in [1.29, 1.82) is 0 Å². The van der Waals surface area contributed by atoms with Gasteiger partial charge in [0, 0.05) is 22.8 Å². The number of nitrogens with one attached hydrogen (secondary N) is 1. The van der Waals surface area contributed by atoms with Gasteiger partial charge in [0.05, 0.1) is 15.1 Å². The minimum absolute atomic E-state index is 0.0668. The third kappa shape index (κ3) is 3.41. The lowest BCUT2D eigenvalue weighted by molar-refractivity contribution is 0.469. The predicted molar refractivity (Wildman–Crippen MR) is 81.9 cm³/mol. The van der Waals surface area contributed by atoms with E-state index in [-0.39, 0.29) is 27.4 Å². The van der Waals surface area contributed by atoms with E-state index in [2.05, 4.69) is 5.32 Å². The van der Waals surface area contributed by atoms with Gasteiger partial charge in [0.25, 0.3) is 0 Å². The van der Waals surface area contributed by atoms with E-state index in [1.807, 2.05) is 0 Å². The summed E-state index contributed by atoms with van der Waals surface area (Å²) in [5.74, 6) is -0.740. The lowest BCUT2D eigenvalue weighted by Crippen LogP contribution is -2.00. The molecule has 0 amide bonds. The summed E-state index contributed by atoms with van der Waals surface area (Å²) < 4.78 is 13.3. The maximum Gasteiger partial charge on any atom is 0.160 e. The summed E-state index contributed by atoms with van der Waals surface area (Å²) >= 11 is 23.1. The van der Waals surface area contributed by atoms with E-state index in [1.54, 1.807) is 6.07 Å². The van der Waals surface area contributed by atoms with Gasteiger partial charge in [-0.05, 0) is 24.3 Å². The number of rotatable bonds is 3. The number of aromatic hydroxyl groups is 1. The van der Waals surface area contributed by atoms with Crippen LogP contribution < -0.4 is 5.32 Å². The van der Waals surface area contributed by atoms with Crippen LogP contribution in [0.2, 0.25) is 20.1 Å². The van der Waals surface area contributed by atoms with E-state index in [4.69, 9.17) is 46.4 Å². The highest BCUT2D eigenvalue weighted by molar-refractivity contribution is 6.36. The maximum absolute atomic E-state index is 13.3. The van der Waals surface area contributed by atoms with E-state index in [0.717, 1.165) is 0 Å². The van der Waals surface area contributed by atoms with Gasteiger partial charge in [-0.15, -0.1) is 0 Å². The molecule has 0 saturated carbocycles. The van der Waals surface area contributed by atoms with Crippen LogP contribution in [0.15, 0.2) is 24.3 Å². The highest BCUT2D eigenvalue weighted by Crippen LogP contribution is 2.32. The Labute approximate surface area is 135 Å². The first-order chi connectivity index (χ1) is 9.38. The SMILES string of the molecule is Oc1c(Cl)cc(Cl)cc1CNc1cc(Cl)c(F)c(Cl)c1. The van der Waals surface area contributed by atoms with Gasteiger partial charge < -0.3 is 10.4 Å². The van der Waals surface area contributed by atoms with Crippen molar-refractivity contribution >= 4 is 52.1 Å². The highest BCUT2D eigenvalue weighted by atomic mass is 35.5. The Morgan fingerprint density at radius 2 is 1.55 bits per heavy atom. The van der Waals surface area contributed by atoms with Crippen molar-refractivity contribution in [3.05, 3.63) is 55.7 Å². The van der Waals surface area contributed by atoms with Crippen LogP contribution >= 0.6 is 46.4 Å². The van der Waals surface area contributed by atoms with Crippen LogP contribution in [0.25, 0.3) is 0 Å². The zero-order chi connectivity index (χ0) is 14.9. The van der Waals surface area contributed by atoms with E-state index in [9.17, 15) is 9.50 Å². The quantitative estimate of drug-likeness (QED) is 0.687. The lowest BCUT2D eigenvalue weighted by atomic mass is 10.2. The summed E-state index contributed by atoms with van der Waals surface area (Å²) in [5.41, 5.74) is 1.01.